The molecule has 1 saturated heterocycles. The lowest BCUT2D eigenvalue weighted by Gasteiger charge is -2.39. The summed E-state index contributed by atoms with van der Waals surface area (Å²) in [5.41, 5.74) is 2.62. The summed E-state index contributed by atoms with van der Waals surface area (Å²) in [5, 5.41) is 11.0. The van der Waals surface area contributed by atoms with Crippen LogP contribution in [0.1, 0.15) is 42.9 Å². The molecular weight excluding hydrogens is 250 g/mol. The number of hydrogen-bond donors (Lipinski definition) is 1. The molecule has 0 unspecified atom stereocenters. The number of piperidine rings is 1. The minimum absolute atomic E-state index is 0.675. The van der Waals surface area contributed by atoms with Crippen LogP contribution in [0.4, 0.5) is 0 Å². The topological polar surface area (TPSA) is 32.7 Å². The Labute approximate surface area is 122 Å². The van der Waals surface area contributed by atoms with Crippen molar-refractivity contribution in [3.63, 3.8) is 0 Å². The first kappa shape index (κ1) is 15.3. The second-order valence-corrected chi connectivity index (χ2v) is 6.01. The fraction of sp³-hybridized carbons (Fsp3) is 0.647. The molecule has 1 fully saturated rings. The van der Waals surface area contributed by atoms with Gasteiger partial charge in [-0.05, 0) is 68.5 Å². The van der Waals surface area contributed by atoms with Crippen molar-refractivity contribution in [2.45, 2.75) is 45.6 Å². The summed E-state index contributed by atoms with van der Waals surface area (Å²) in [6.07, 6.45) is 2.82. The van der Waals surface area contributed by atoms with E-state index in [9.17, 15) is 5.11 Å². The van der Waals surface area contributed by atoms with Gasteiger partial charge >= 0.3 is 0 Å². The van der Waals surface area contributed by atoms with Crippen molar-refractivity contribution in [2.24, 2.45) is 0 Å². The molecule has 2 rings (SSSR count). The molecule has 0 bridgehead atoms. The van der Waals surface area contributed by atoms with Crippen LogP contribution in [0.15, 0.2) is 12.1 Å². The molecular formula is C17H27NO2. The molecule has 3 heteroatoms. The van der Waals surface area contributed by atoms with Crippen molar-refractivity contribution < 1.29 is 9.84 Å². The van der Waals surface area contributed by atoms with Gasteiger partial charge in [-0.15, -0.1) is 0 Å². The van der Waals surface area contributed by atoms with Gasteiger partial charge in [0.05, 0.1) is 12.7 Å². The Kier molecular flexibility index (Phi) is 4.71. The van der Waals surface area contributed by atoms with Crippen molar-refractivity contribution in [3.05, 3.63) is 28.8 Å². The predicted octanol–water partition coefficient (Wildman–Crippen LogP) is 3.01. The molecule has 20 heavy (non-hydrogen) atoms. The number of benzene rings is 1. The largest absolute Gasteiger partial charge is 0.496 e. The van der Waals surface area contributed by atoms with E-state index in [-0.39, 0.29) is 0 Å². The van der Waals surface area contributed by atoms with Gasteiger partial charge in [0.1, 0.15) is 5.75 Å². The van der Waals surface area contributed by atoms with Gasteiger partial charge in [0.15, 0.2) is 0 Å². The average Bonchev–Trinajstić information content (AvgIpc) is 2.44. The van der Waals surface area contributed by atoms with E-state index in [1.165, 1.54) is 6.42 Å². The van der Waals surface area contributed by atoms with Gasteiger partial charge in [-0.25, -0.2) is 0 Å². The van der Waals surface area contributed by atoms with Crippen molar-refractivity contribution in [2.75, 3.05) is 26.7 Å². The molecule has 0 aliphatic carbocycles. The Morgan fingerprint density at radius 2 is 1.85 bits per heavy atom. The zero-order chi connectivity index (χ0) is 14.8. The van der Waals surface area contributed by atoms with E-state index in [1.807, 2.05) is 13.0 Å². The van der Waals surface area contributed by atoms with Crippen LogP contribution in [0.5, 0.6) is 5.75 Å². The molecule has 0 atom stereocenters. The Morgan fingerprint density at radius 1 is 1.20 bits per heavy atom. The molecule has 1 aromatic rings. The van der Waals surface area contributed by atoms with Crippen molar-refractivity contribution in [1.29, 1.82) is 0 Å². The SMILES string of the molecule is CCCN1CCC(O)(c2cc(C)c(OC)cc2C)CC1. The summed E-state index contributed by atoms with van der Waals surface area (Å²) in [5.74, 6) is 0.901. The fourth-order valence-corrected chi connectivity index (χ4v) is 3.24. The van der Waals surface area contributed by atoms with Gasteiger partial charge in [-0.1, -0.05) is 6.92 Å². The van der Waals surface area contributed by atoms with E-state index in [0.29, 0.717) is 0 Å². The zero-order valence-electron chi connectivity index (χ0n) is 13.2. The molecule has 3 nitrogen and oxygen atoms in total. The highest BCUT2D eigenvalue weighted by molar-refractivity contribution is 5.44. The van der Waals surface area contributed by atoms with Gasteiger partial charge in [0, 0.05) is 13.1 Å². The normalized spacial score (nSPS) is 19.1. The monoisotopic (exact) mass is 277 g/mol. The molecule has 112 valence electrons. The van der Waals surface area contributed by atoms with Crippen LogP contribution in [-0.4, -0.2) is 36.8 Å². The Morgan fingerprint density at radius 3 is 2.40 bits per heavy atom. The van der Waals surface area contributed by atoms with Crippen LogP contribution >= 0.6 is 0 Å². The van der Waals surface area contributed by atoms with Crippen LogP contribution in [-0.2, 0) is 5.60 Å². The predicted molar refractivity (Wildman–Crippen MR) is 82.3 cm³/mol. The Balaban J connectivity index is 2.21. The van der Waals surface area contributed by atoms with E-state index in [0.717, 1.165) is 54.9 Å². The lowest BCUT2D eigenvalue weighted by Crippen LogP contribution is -2.43. The molecule has 0 aromatic heterocycles. The number of likely N-dealkylation sites (tertiary alicyclic amines) is 1. The van der Waals surface area contributed by atoms with Crippen LogP contribution in [0, 0.1) is 13.8 Å². The molecule has 1 aliphatic rings. The highest BCUT2D eigenvalue weighted by Crippen LogP contribution is 2.37. The third kappa shape index (κ3) is 2.99. The van der Waals surface area contributed by atoms with E-state index in [1.54, 1.807) is 7.11 Å². The maximum absolute atomic E-state index is 11.0. The van der Waals surface area contributed by atoms with Gasteiger partial charge in [0.25, 0.3) is 0 Å². The van der Waals surface area contributed by atoms with Crippen LogP contribution in [0.2, 0.25) is 0 Å². The third-order valence-corrected chi connectivity index (χ3v) is 4.47. The summed E-state index contributed by atoms with van der Waals surface area (Å²) in [6.45, 7) is 9.41. The molecule has 0 spiro atoms. The molecule has 1 N–H and O–H groups in total. The van der Waals surface area contributed by atoms with Crippen LogP contribution < -0.4 is 4.74 Å². The van der Waals surface area contributed by atoms with E-state index < -0.39 is 5.60 Å². The Hall–Kier alpha value is -1.06. The molecule has 1 aliphatic heterocycles. The maximum atomic E-state index is 11.0. The van der Waals surface area contributed by atoms with Crippen molar-refractivity contribution in [1.82, 2.24) is 4.90 Å². The number of aryl methyl sites for hydroxylation is 2. The van der Waals surface area contributed by atoms with Crippen LogP contribution in [0.3, 0.4) is 0 Å². The summed E-state index contributed by atoms with van der Waals surface area (Å²) < 4.78 is 5.36. The quantitative estimate of drug-likeness (QED) is 0.918. The first-order valence-electron chi connectivity index (χ1n) is 7.60. The number of rotatable bonds is 4. The molecule has 1 heterocycles. The lowest BCUT2D eigenvalue weighted by atomic mass is 9.81. The lowest BCUT2D eigenvalue weighted by molar-refractivity contribution is -0.0263. The van der Waals surface area contributed by atoms with Gasteiger partial charge in [-0.3, -0.25) is 0 Å². The van der Waals surface area contributed by atoms with Crippen molar-refractivity contribution in [3.8, 4) is 5.75 Å². The number of hydrogen-bond acceptors (Lipinski definition) is 3. The van der Waals surface area contributed by atoms with E-state index in [4.69, 9.17) is 4.74 Å². The third-order valence-electron chi connectivity index (χ3n) is 4.47. The molecule has 0 amide bonds. The van der Waals surface area contributed by atoms with Gasteiger partial charge in [-0.2, -0.15) is 0 Å². The van der Waals surface area contributed by atoms with Crippen LogP contribution in [0.25, 0.3) is 0 Å². The number of aliphatic hydroxyl groups is 1. The van der Waals surface area contributed by atoms with Gasteiger partial charge in [0.2, 0.25) is 0 Å². The van der Waals surface area contributed by atoms with E-state index in [2.05, 4.69) is 24.8 Å². The van der Waals surface area contributed by atoms with Crippen molar-refractivity contribution >= 4 is 0 Å². The highest BCUT2D eigenvalue weighted by Gasteiger charge is 2.35. The van der Waals surface area contributed by atoms with Gasteiger partial charge < -0.3 is 14.7 Å². The zero-order valence-corrected chi connectivity index (χ0v) is 13.2. The molecule has 0 radical (unpaired) electrons. The second-order valence-electron chi connectivity index (χ2n) is 6.01. The fourth-order valence-electron chi connectivity index (χ4n) is 3.24. The standard InChI is InChI=1S/C17H27NO2/c1-5-8-18-9-6-17(19,7-10-18)15-11-14(3)16(20-4)12-13(15)2/h11-12,19H,5-10H2,1-4H3. The first-order valence-corrected chi connectivity index (χ1v) is 7.60. The molecule has 0 saturated carbocycles. The average molecular weight is 277 g/mol. The molecule has 1 aromatic carbocycles. The smallest absolute Gasteiger partial charge is 0.122 e. The minimum Gasteiger partial charge on any atom is -0.496 e. The summed E-state index contributed by atoms with van der Waals surface area (Å²) in [7, 11) is 1.69. The summed E-state index contributed by atoms with van der Waals surface area (Å²) in [6, 6.07) is 4.14. The number of methoxy groups -OCH3 is 1. The maximum Gasteiger partial charge on any atom is 0.122 e. The number of nitrogens with zero attached hydrogens (tertiary/aromatic N) is 1. The summed E-state index contributed by atoms with van der Waals surface area (Å²) >= 11 is 0. The second kappa shape index (κ2) is 6.15. The minimum atomic E-state index is -0.675. The summed E-state index contributed by atoms with van der Waals surface area (Å²) in [4.78, 5) is 2.44. The highest BCUT2D eigenvalue weighted by atomic mass is 16.5. The first-order chi connectivity index (χ1) is 9.50. The number of ether oxygens (including phenoxy) is 1. The van der Waals surface area contributed by atoms with E-state index >= 15 is 0 Å². The Bertz CT molecular complexity index is 462.